The first-order valence-electron chi connectivity index (χ1n) is 10.1. The standard InChI is InChI=1S/C21H27N5O3/c1-13-10-26(11-14(2)29-13)12-15-3-5-16(6-4-15)20(27)24-18-9-22-25-19(18)21(28)23-17-7-8-17/h3-6,9,13-14,17H,7-8,10-12H2,1-2H3,(H,22,25)(H,23,28)(H,24,27). The zero-order valence-electron chi connectivity index (χ0n) is 16.8. The van der Waals surface area contributed by atoms with Gasteiger partial charge in [0.15, 0.2) is 0 Å². The van der Waals surface area contributed by atoms with Crippen molar-refractivity contribution in [2.45, 2.75) is 51.5 Å². The summed E-state index contributed by atoms with van der Waals surface area (Å²) in [4.78, 5) is 27.2. The molecule has 154 valence electrons. The summed E-state index contributed by atoms with van der Waals surface area (Å²) in [5.74, 6) is -0.517. The molecular weight excluding hydrogens is 370 g/mol. The molecule has 29 heavy (non-hydrogen) atoms. The first-order chi connectivity index (χ1) is 14.0. The van der Waals surface area contributed by atoms with E-state index in [1.165, 1.54) is 6.20 Å². The Bertz CT molecular complexity index is 865. The number of hydrogen-bond acceptors (Lipinski definition) is 5. The SMILES string of the molecule is CC1CN(Cc2ccc(C(=O)Nc3cn[nH]c3C(=O)NC3CC3)cc2)CC(C)O1. The highest BCUT2D eigenvalue weighted by Gasteiger charge is 2.26. The molecule has 1 aromatic carbocycles. The molecule has 0 radical (unpaired) electrons. The van der Waals surface area contributed by atoms with Crippen LogP contribution >= 0.6 is 0 Å². The quantitative estimate of drug-likeness (QED) is 0.694. The lowest BCUT2D eigenvalue weighted by atomic mass is 10.1. The van der Waals surface area contributed by atoms with E-state index in [1.54, 1.807) is 0 Å². The zero-order valence-corrected chi connectivity index (χ0v) is 16.8. The van der Waals surface area contributed by atoms with Gasteiger partial charge in [-0.3, -0.25) is 19.6 Å². The van der Waals surface area contributed by atoms with Crippen LogP contribution in [0.1, 0.15) is 53.1 Å². The van der Waals surface area contributed by atoms with Crippen molar-refractivity contribution >= 4 is 17.5 Å². The fourth-order valence-corrected chi connectivity index (χ4v) is 3.67. The zero-order chi connectivity index (χ0) is 20.4. The second-order valence-corrected chi connectivity index (χ2v) is 8.01. The Hall–Kier alpha value is -2.71. The Kier molecular flexibility index (Phi) is 5.64. The van der Waals surface area contributed by atoms with Gasteiger partial charge in [-0.1, -0.05) is 12.1 Å². The van der Waals surface area contributed by atoms with Gasteiger partial charge in [0.25, 0.3) is 11.8 Å². The van der Waals surface area contributed by atoms with Crippen molar-refractivity contribution in [3.05, 3.63) is 47.3 Å². The molecule has 2 amide bonds. The van der Waals surface area contributed by atoms with Gasteiger partial charge >= 0.3 is 0 Å². The summed E-state index contributed by atoms with van der Waals surface area (Å²) < 4.78 is 5.77. The third-order valence-corrected chi connectivity index (χ3v) is 5.14. The van der Waals surface area contributed by atoms with E-state index < -0.39 is 0 Å². The number of morpholine rings is 1. The molecular formula is C21H27N5O3. The summed E-state index contributed by atoms with van der Waals surface area (Å²) in [5, 5.41) is 12.2. The number of benzene rings is 1. The molecule has 1 aromatic heterocycles. The predicted octanol–water partition coefficient (Wildman–Crippen LogP) is 2.16. The second kappa shape index (κ2) is 8.34. The Morgan fingerprint density at radius 3 is 2.48 bits per heavy atom. The molecule has 2 heterocycles. The van der Waals surface area contributed by atoms with Crippen LogP contribution in [0.3, 0.4) is 0 Å². The number of nitrogens with one attached hydrogen (secondary N) is 3. The summed E-state index contributed by atoms with van der Waals surface area (Å²) in [5.41, 5.74) is 2.34. The van der Waals surface area contributed by atoms with Gasteiger partial charge in [-0.25, -0.2) is 0 Å². The average Bonchev–Trinajstić information content (AvgIpc) is 3.36. The van der Waals surface area contributed by atoms with Gasteiger partial charge in [0, 0.05) is 31.2 Å². The normalized spacial score (nSPS) is 22.3. The summed E-state index contributed by atoms with van der Waals surface area (Å²) in [7, 11) is 0. The van der Waals surface area contributed by atoms with Crippen molar-refractivity contribution in [3.63, 3.8) is 0 Å². The van der Waals surface area contributed by atoms with Crippen molar-refractivity contribution in [1.82, 2.24) is 20.4 Å². The number of H-pyrrole nitrogens is 1. The van der Waals surface area contributed by atoms with Crippen LogP contribution in [0.4, 0.5) is 5.69 Å². The van der Waals surface area contributed by atoms with Crippen LogP contribution in [0.5, 0.6) is 0 Å². The molecule has 8 nitrogen and oxygen atoms in total. The number of rotatable bonds is 6. The molecule has 0 spiro atoms. The fraction of sp³-hybridized carbons (Fsp3) is 0.476. The van der Waals surface area contributed by atoms with Crippen LogP contribution in [0, 0.1) is 0 Å². The van der Waals surface area contributed by atoms with E-state index in [4.69, 9.17) is 4.74 Å². The van der Waals surface area contributed by atoms with Gasteiger partial charge < -0.3 is 15.4 Å². The van der Waals surface area contributed by atoms with Crippen LogP contribution in [0.15, 0.2) is 30.5 Å². The van der Waals surface area contributed by atoms with E-state index in [1.807, 2.05) is 24.3 Å². The molecule has 2 unspecified atom stereocenters. The molecule has 8 heteroatoms. The van der Waals surface area contributed by atoms with Gasteiger partial charge in [0.05, 0.1) is 24.1 Å². The van der Waals surface area contributed by atoms with E-state index in [0.29, 0.717) is 11.3 Å². The van der Waals surface area contributed by atoms with Gasteiger partial charge in [-0.05, 0) is 44.4 Å². The topological polar surface area (TPSA) is 99.4 Å². The molecule has 0 bridgehead atoms. The van der Waals surface area contributed by atoms with E-state index in [2.05, 4.69) is 39.6 Å². The molecule has 2 atom stereocenters. The lowest BCUT2D eigenvalue weighted by molar-refractivity contribution is -0.0704. The Morgan fingerprint density at radius 1 is 1.14 bits per heavy atom. The first-order valence-corrected chi connectivity index (χ1v) is 10.1. The van der Waals surface area contributed by atoms with Gasteiger partial charge in [0.2, 0.25) is 0 Å². The maximum Gasteiger partial charge on any atom is 0.271 e. The monoisotopic (exact) mass is 397 g/mol. The van der Waals surface area contributed by atoms with E-state index in [-0.39, 0.29) is 35.8 Å². The van der Waals surface area contributed by atoms with Gasteiger partial charge in [0.1, 0.15) is 5.69 Å². The minimum atomic E-state index is -0.271. The van der Waals surface area contributed by atoms with Crippen LogP contribution in [-0.4, -0.2) is 58.3 Å². The van der Waals surface area contributed by atoms with Gasteiger partial charge in [-0.2, -0.15) is 5.10 Å². The molecule has 2 aromatic rings. The minimum absolute atomic E-state index is 0.227. The van der Waals surface area contributed by atoms with Crippen LogP contribution in [0.2, 0.25) is 0 Å². The highest BCUT2D eigenvalue weighted by molar-refractivity contribution is 6.08. The van der Waals surface area contributed by atoms with Gasteiger partial charge in [-0.15, -0.1) is 0 Å². The van der Waals surface area contributed by atoms with Crippen molar-refractivity contribution < 1.29 is 14.3 Å². The van der Waals surface area contributed by atoms with Crippen molar-refractivity contribution in [1.29, 1.82) is 0 Å². The average molecular weight is 397 g/mol. The third-order valence-electron chi connectivity index (χ3n) is 5.14. The summed E-state index contributed by atoms with van der Waals surface area (Å²) in [6.45, 7) is 6.81. The Labute approximate surface area is 170 Å². The smallest absolute Gasteiger partial charge is 0.271 e. The number of anilines is 1. The molecule has 2 fully saturated rings. The number of carbonyl (C=O) groups excluding carboxylic acids is 2. The molecule has 4 rings (SSSR count). The maximum absolute atomic E-state index is 12.6. The molecule has 3 N–H and O–H groups in total. The number of ether oxygens (including phenoxy) is 1. The van der Waals surface area contributed by atoms with Crippen molar-refractivity contribution in [3.8, 4) is 0 Å². The molecule has 1 saturated heterocycles. The number of nitrogens with zero attached hydrogens (tertiary/aromatic N) is 2. The molecule has 1 saturated carbocycles. The number of hydrogen-bond donors (Lipinski definition) is 3. The lowest BCUT2D eigenvalue weighted by Gasteiger charge is -2.35. The predicted molar refractivity (Wildman–Crippen MR) is 109 cm³/mol. The Morgan fingerprint density at radius 2 is 1.83 bits per heavy atom. The highest BCUT2D eigenvalue weighted by atomic mass is 16.5. The number of aromatic amines is 1. The van der Waals surface area contributed by atoms with Crippen molar-refractivity contribution in [2.24, 2.45) is 0 Å². The van der Waals surface area contributed by atoms with Crippen LogP contribution < -0.4 is 10.6 Å². The largest absolute Gasteiger partial charge is 0.373 e. The molecule has 2 aliphatic rings. The minimum Gasteiger partial charge on any atom is -0.373 e. The van der Waals surface area contributed by atoms with Crippen LogP contribution in [-0.2, 0) is 11.3 Å². The lowest BCUT2D eigenvalue weighted by Crippen LogP contribution is -2.44. The number of aromatic nitrogens is 2. The summed E-state index contributed by atoms with van der Waals surface area (Å²) >= 11 is 0. The van der Waals surface area contributed by atoms with E-state index in [0.717, 1.165) is 38.0 Å². The second-order valence-electron chi connectivity index (χ2n) is 8.01. The van der Waals surface area contributed by atoms with Crippen LogP contribution in [0.25, 0.3) is 0 Å². The van der Waals surface area contributed by atoms with E-state index in [9.17, 15) is 9.59 Å². The molecule has 1 aliphatic heterocycles. The number of amides is 2. The summed E-state index contributed by atoms with van der Waals surface area (Å²) in [6.07, 6.45) is 3.90. The highest BCUT2D eigenvalue weighted by Crippen LogP contribution is 2.21. The van der Waals surface area contributed by atoms with Crippen molar-refractivity contribution in [2.75, 3.05) is 18.4 Å². The van der Waals surface area contributed by atoms with E-state index >= 15 is 0 Å². The Balaban J connectivity index is 1.36. The first kappa shape index (κ1) is 19.6. The fourth-order valence-electron chi connectivity index (χ4n) is 3.67. The maximum atomic E-state index is 12.6. The third kappa shape index (κ3) is 5.02. The summed E-state index contributed by atoms with van der Waals surface area (Å²) in [6, 6.07) is 7.79. The molecule has 1 aliphatic carbocycles. The number of carbonyl (C=O) groups is 2.